The Labute approximate surface area is 210 Å². The summed E-state index contributed by atoms with van der Waals surface area (Å²) in [6.07, 6.45) is -1.30. The second kappa shape index (κ2) is 9.81. The van der Waals surface area contributed by atoms with Crippen molar-refractivity contribution >= 4 is 34.0 Å². The zero-order valence-electron chi connectivity index (χ0n) is 19.2. The molecule has 0 aliphatic carbocycles. The van der Waals surface area contributed by atoms with Gasteiger partial charge < -0.3 is 25.2 Å². The van der Waals surface area contributed by atoms with Crippen LogP contribution in [0.15, 0.2) is 42.5 Å². The van der Waals surface area contributed by atoms with Gasteiger partial charge in [0.25, 0.3) is 0 Å². The molecule has 0 radical (unpaired) electrons. The average Bonchev–Trinajstić information content (AvgIpc) is 2.89. The normalized spacial score (nSPS) is 14.8. The fourth-order valence-electron chi connectivity index (χ4n) is 4.26. The van der Waals surface area contributed by atoms with Crippen LogP contribution in [0.4, 0.5) is 20.3 Å². The third-order valence-electron chi connectivity index (χ3n) is 6.09. The molecule has 0 amide bonds. The predicted molar refractivity (Wildman–Crippen MR) is 132 cm³/mol. The number of morpholine rings is 1. The van der Waals surface area contributed by atoms with Gasteiger partial charge in [0.05, 0.1) is 31.7 Å². The summed E-state index contributed by atoms with van der Waals surface area (Å²) in [6.45, 7) is 2.07. The van der Waals surface area contributed by atoms with Crippen molar-refractivity contribution in [2.24, 2.45) is 0 Å². The second-order valence-electron chi connectivity index (χ2n) is 8.25. The number of nitrogens with zero attached hydrogens (tertiary/aromatic N) is 4. The molecule has 1 unspecified atom stereocenters. The van der Waals surface area contributed by atoms with Crippen molar-refractivity contribution < 1.29 is 23.4 Å². The van der Waals surface area contributed by atoms with E-state index in [0.717, 1.165) is 6.07 Å². The molecule has 0 bridgehead atoms. The van der Waals surface area contributed by atoms with Crippen molar-refractivity contribution in [1.82, 2.24) is 15.2 Å². The van der Waals surface area contributed by atoms with E-state index < -0.39 is 17.7 Å². The molecular formula is C25H22ClF2N5O3. The molecule has 1 aliphatic rings. The van der Waals surface area contributed by atoms with Gasteiger partial charge in [-0.05, 0) is 42.0 Å². The van der Waals surface area contributed by atoms with Crippen LogP contribution in [0.2, 0.25) is 5.02 Å². The number of anilines is 2. The molecule has 2 aromatic heterocycles. The maximum absolute atomic E-state index is 15.6. The second-order valence-corrected chi connectivity index (χ2v) is 8.65. The van der Waals surface area contributed by atoms with Gasteiger partial charge >= 0.3 is 0 Å². The fraction of sp³-hybridized carbons (Fsp3) is 0.240. The van der Waals surface area contributed by atoms with Gasteiger partial charge in [0.2, 0.25) is 5.88 Å². The summed E-state index contributed by atoms with van der Waals surface area (Å²) in [5.74, 6) is -0.922. The summed E-state index contributed by atoms with van der Waals surface area (Å²) >= 11 is 6.29. The first-order chi connectivity index (χ1) is 17.4. The third-order valence-corrected chi connectivity index (χ3v) is 6.42. The van der Waals surface area contributed by atoms with Gasteiger partial charge in [-0.3, -0.25) is 0 Å². The van der Waals surface area contributed by atoms with Crippen LogP contribution in [0.1, 0.15) is 17.4 Å². The number of nitrogen functional groups attached to an aromatic ring is 1. The maximum Gasteiger partial charge on any atom is 0.233 e. The summed E-state index contributed by atoms with van der Waals surface area (Å²) in [4.78, 5) is 6.07. The van der Waals surface area contributed by atoms with E-state index in [1.165, 1.54) is 31.4 Å². The van der Waals surface area contributed by atoms with E-state index >= 15 is 8.78 Å². The number of aliphatic hydroxyl groups excluding tert-OH is 1. The molecule has 1 atom stereocenters. The molecule has 1 saturated heterocycles. The molecule has 36 heavy (non-hydrogen) atoms. The van der Waals surface area contributed by atoms with Crippen molar-refractivity contribution in [3.8, 4) is 17.0 Å². The van der Waals surface area contributed by atoms with E-state index in [-0.39, 0.29) is 39.1 Å². The molecular weight excluding hydrogens is 492 g/mol. The zero-order chi connectivity index (χ0) is 25.4. The minimum atomic E-state index is -1.30. The van der Waals surface area contributed by atoms with Crippen LogP contribution in [0.5, 0.6) is 5.88 Å². The first-order valence-corrected chi connectivity index (χ1v) is 11.5. The Hall–Kier alpha value is -3.60. The standard InChI is InChI=1S/C25H22ClF2N5O3/c1-35-22-5-3-19(31-32-22)25(34)16-10-15(18(27)12-17(16)26)14-11-21(29)30-24-13(14)2-4-20(23(24)28)33-6-8-36-9-7-33/h2-5,10-12,25,34H,6-9H2,1H3,(H2,29,30). The van der Waals surface area contributed by atoms with Crippen LogP contribution in [0, 0.1) is 11.6 Å². The van der Waals surface area contributed by atoms with Crippen LogP contribution in [-0.2, 0) is 4.74 Å². The smallest absolute Gasteiger partial charge is 0.233 e. The Kier molecular flexibility index (Phi) is 6.57. The van der Waals surface area contributed by atoms with Crippen LogP contribution < -0.4 is 15.4 Å². The minimum Gasteiger partial charge on any atom is -0.480 e. The molecule has 5 rings (SSSR count). The number of rotatable bonds is 5. The number of hydrogen-bond acceptors (Lipinski definition) is 8. The Morgan fingerprint density at radius 3 is 2.56 bits per heavy atom. The number of aromatic nitrogens is 3. The molecule has 0 saturated carbocycles. The summed E-state index contributed by atoms with van der Waals surface area (Å²) in [5.41, 5.74) is 7.19. The van der Waals surface area contributed by atoms with Crippen molar-refractivity contribution in [2.75, 3.05) is 44.0 Å². The van der Waals surface area contributed by atoms with E-state index in [1.54, 1.807) is 12.1 Å². The van der Waals surface area contributed by atoms with Gasteiger partial charge in [-0.15, -0.1) is 10.2 Å². The highest BCUT2D eigenvalue weighted by molar-refractivity contribution is 6.31. The SMILES string of the molecule is COc1ccc(C(O)c2cc(-c3cc(N)nc4c(F)c(N5CCOCC5)ccc34)c(F)cc2Cl)nn1. The van der Waals surface area contributed by atoms with Crippen LogP contribution >= 0.6 is 11.6 Å². The number of benzene rings is 2. The van der Waals surface area contributed by atoms with Gasteiger partial charge in [-0.1, -0.05) is 11.6 Å². The van der Waals surface area contributed by atoms with Crippen molar-refractivity contribution in [1.29, 1.82) is 0 Å². The van der Waals surface area contributed by atoms with Crippen molar-refractivity contribution in [3.63, 3.8) is 0 Å². The average molecular weight is 514 g/mol. The molecule has 4 aromatic rings. The lowest BCUT2D eigenvalue weighted by molar-refractivity contribution is 0.122. The summed E-state index contributed by atoms with van der Waals surface area (Å²) < 4.78 is 41.2. The number of nitrogens with two attached hydrogens (primary N) is 1. The number of aliphatic hydroxyl groups is 1. The molecule has 1 fully saturated rings. The van der Waals surface area contributed by atoms with E-state index in [1.807, 2.05) is 4.90 Å². The van der Waals surface area contributed by atoms with Gasteiger partial charge in [0, 0.05) is 40.7 Å². The Morgan fingerprint density at radius 1 is 1.08 bits per heavy atom. The highest BCUT2D eigenvalue weighted by atomic mass is 35.5. The minimum absolute atomic E-state index is 0.00603. The van der Waals surface area contributed by atoms with Gasteiger partial charge in [-0.25, -0.2) is 13.8 Å². The highest BCUT2D eigenvalue weighted by Crippen LogP contribution is 2.39. The first-order valence-electron chi connectivity index (χ1n) is 11.1. The Morgan fingerprint density at radius 2 is 1.86 bits per heavy atom. The van der Waals surface area contributed by atoms with Crippen LogP contribution in [0.3, 0.4) is 0 Å². The molecule has 3 N–H and O–H groups in total. The molecule has 3 heterocycles. The monoisotopic (exact) mass is 513 g/mol. The van der Waals surface area contributed by atoms with E-state index in [2.05, 4.69) is 15.2 Å². The number of hydrogen-bond donors (Lipinski definition) is 2. The number of ether oxygens (including phenoxy) is 2. The molecule has 186 valence electrons. The zero-order valence-corrected chi connectivity index (χ0v) is 20.0. The molecule has 1 aliphatic heterocycles. The largest absolute Gasteiger partial charge is 0.480 e. The summed E-state index contributed by atoms with van der Waals surface area (Å²) in [6, 6.07) is 10.3. The summed E-state index contributed by atoms with van der Waals surface area (Å²) in [5, 5.41) is 19.1. The van der Waals surface area contributed by atoms with Crippen LogP contribution in [0.25, 0.3) is 22.0 Å². The molecule has 2 aromatic carbocycles. The van der Waals surface area contributed by atoms with E-state index in [0.29, 0.717) is 42.9 Å². The third kappa shape index (κ3) is 4.39. The fourth-order valence-corrected chi connectivity index (χ4v) is 4.52. The number of methoxy groups -OCH3 is 1. The van der Waals surface area contributed by atoms with Crippen molar-refractivity contribution in [2.45, 2.75) is 6.10 Å². The molecule has 8 nitrogen and oxygen atoms in total. The lowest BCUT2D eigenvalue weighted by Crippen LogP contribution is -2.36. The van der Waals surface area contributed by atoms with Crippen molar-refractivity contribution in [3.05, 3.63) is 70.4 Å². The van der Waals surface area contributed by atoms with Gasteiger partial charge in [-0.2, -0.15) is 0 Å². The number of pyridine rings is 1. The molecule has 0 spiro atoms. The van der Waals surface area contributed by atoms with E-state index in [9.17, 15) is 5.11 Å². The number of fused-ring (bicyclic) bond motifs is 1. The lowest BCUT2D eigenvalue weighted by Gasteiger charge is -2.29. The first kappa shape index (κ1) is 24.1. The maximum atomic E-state index is 15.6. The molecule has 11 heteroatoms. The van der Waals surface area contributed by atoms with Crippen LogP contribution in [-0.4, -0.2) is 53.7 Å². The Balaban J connectivity index is 1.62. The highest BCUT2D eigenvalue weighted by Gasteiger charge is 2.23. The van der Waals surface area contributed by atoms with E-state index in [4.69, 9.17) is 26.8 Å². The number of halogens is 3. The predicted octanol–water partition coefficient (Wildman–Crippen LogP) is 4.13. The van der Waals surface area contributed by atoms with Gasteiger partial charge in [0.15, 0.2) is 5.82 Å². The topological polar surface area (TPSA) is 107 Å². The lowest BCUT2D eigenvalue weighted by atomic mass is 9.95. The Bertz CT molecular complexity index is 1430. The summed E-state index contributed by atoms with van der Waals surface area (Å²) in [7, 11) is 1.45. The quantitative estimate of drug-likeness (QED) is 0.410. The van der Waals surface area contributed by atoms with Gasteiger partial charge in [0.1, 0.15) is 23.3 Å².